The number of hydrogen-bond donors (Lipinski definition) is 2. The van der Waals surface area contributed by atoms with Gasteiger partial charge in [0, 0.05) is 39.1 Å². The highest BCUT2D eigenvalue weighted by atomic mass is 16.2. The van der Waals surface area contributed by atoms with E-state index in [1.807, 2.05) is 20.8 Å². The molecule has 0 radical (unpaired) electrons. The third-order valence-electron chi connectivity index (χ3n) is 4.82. The Morgan fingerprint density at radius 3 is 2.48 bits per heavy atom. The number of carbonyl (C=O) groups excluding carboxylic acids is 2. The number of hydrogen-bond acceptors (Lipinski definition) is 3. The highest BCUT2D eigenvalue weighted by Gasteiger charge is 2.29. The first-order valence-electron chi connectivity index (χ1n) is 10.0. The number of piperidine rings is 1. The molecule has 0 aromatic carbocycles. The molecule has 5 nitrogen and oxygen atoms in total. The molecule has 2 atom stereocenters. The van der Waals surface area contributed by atoms with E-state index in [0.717, 1.165) is 25.1 Å². The maximum Gasteiger partial charge on any atom is 0.242 e. The van der Waals surface area contributed by atoms with Gasteiger partial charge in [-0.05, 0) is 51.9 Å². The largest absolute Gasteiger partial charge is 0.373 e. The first-order chi connectivity index (χ1) is 12.0. The standard InChI is InChI=1S/C18H31N3O2.C2H6.H2/c1-4-19-18(23)16(20-17(22)12-15-8-9-15)11-14(3)21-10-6-5-7-13(21)2;1-2;/h13,15-16H,3-12H2,1-2H3,(H,19,23)(H,20,22);1-2H3;1H/t13-,16-;;/m0../s1. The Bertz CT molecular complexity index is 452. The first kappa shape index (κ1) is 21.5. The molecule has 0 bridgehead atoms. The van der Waals surface area contributed by atoms with Crippen LogP contribution in [-0.2, 0) is 9.59 Å². The molecule has 2 aliphatic rings. The van der Waals surface area contributed by atoms with E-state index in [2.05, 4.69) is 29.0 Å². The normalized spacial score (nSPS) is 20.8. The molecule has 0 aromatic heterocycles. The fourth-order valence-corrected chi connectivity index (χ4v) is 3.26. The number of likely N-dealkylation sites (tertiary alicyclic amines) is 1. The van der Waals surface area contributed by atoms with Gasteiger partial charge in [-0.15, -0.1) is 0 Å². The molecule has 1 saturated carbocycles. The minimum Gasteiger partial charge on any atom is -0.373 e. The van der Waals surface area contributed by atoms with E-state index in [9.17, 15) is 9.59 Å². The Balaban J connectivity index is 0.00000201. The van der Waals surface area contributed by atoms with Gasteiger partial charge < -0.3 is 15.5 Å². The zero-order valence-electron chi connectivity index (χ0n) is 16.6. The Hall–Kier alpha value is -1.52. The molecule has 0 spiro atoms. The topological polar surface area (TPSA) is 61.4 Å². The Morgan fingerprint density at radius 1 is 1.24 bits per heavy atom. The highest BCUT2D eigenvalue weighted by Crippen LogP contribution is 2.32. The van der Waals surface area contributed by atoms with Crippen LogP contribution in [0.1, 0.15) is 74.1 Å². The fourth-order valence-electron chi connectivity index (χ4n) is 3.26. The smallest absolute Gasteiger partial charge is 0.242 e. The lowest BCUT2D eigenvalue weighted by atomic mass is 10.0. The van der Waals surface area contributed by atoms with Gasteiger partial charge in [0.2, 0.25) is 11.8 Å². The lowest BCUT2D eigenvalue weighted by Crippen LogP contribution is -2.48. The molecular weight excluding hydrogens is 314 g/mol. The second kappa shape index (κ2) is 11.2. The van der Waals surface area contributed by atoms with Gasteiger partial charge >= 0.3 is 0 Å². The van der Waals surface area contributed by atoms with E-state index >= 15 is 0 Å². The van der Waals surface area contributed by atoms with E-state index in [1.165, 1.54) is 19.3 Å². The molecule has 25 heavy (non-hydrogen) atoms. The molecule has 0 aromatic rings. The molecule has 1 saturated heterocycles. The van der Waals surface area contributed by atoms with Crippen LogP contribution in [0.2, 0.25) is 0 Å². The van der Waals surface area contributed by atoms with Gasteiger partial charge in [-0.3, -0.25) is 9.59 Å². The second-order valence-corrected chi connectivity index (χ2v) is 6.97. The van der Waals surface area contributed by atoms with E-state index in [1.54, 1.807) is 0 Å². The quantitative estimate of drug-likeness (QED) is 0.702. The van der Waals surface area contributed by atoms with E-state index < -0.39 is 6.04 Å². The van der Waals surface area contributed by atoms with Crippen LogP contribution in [0.15, 0.2) is 12.3 Å². The van der Waals surface area contributed by atoms with E-state index in [4.69, 9.17) is 0 Å². The third kappa shape index (κ3) is 7.49. The molecule has 1 aliphatic carbocycles. The van der Waals surface area contributed by atoms with Crippen LogP contribution in [0.25, 0.3) is 0 Å². The Kier molecular flexibility index (Phi) is 9.61. The summed E-state index contributed by atoms with van der Waals surface area (Å²) in [7, 11) is 0. The van der Waals surface area contributed by atoms with Crippen molar-refractivity contribution >= 4 is 11.8 Å². The van der Waals surface area contributed by atoms with Crippen LogP contribution in [0.4, 0.5) is 0 Å². The number of amides is 2. The zero-order valence-corrected chi connectivity index (χ0v) is 16.6. The minimum atomic E-state index is -0.511. The van der Waals surface area contributed by atoms with Crippen LogP contribution >= 0.6 is 0 Å². The number of nitrogens with one attached hydrogen (secondary N) is 2. The molecule has 0 unspecified atom stereocenters. The highest BCUT2D eigenvalue weighted by molar-refractivity contribution is 5.87. The maximum atomic E-state index is 12.3. The number of likely N-dealkylation sites (N-methyl/N-ethyl adjacent to an activating group) is 1. The predicted molar refractivity (Wildman–Crippen MR) is 105 cm³/mol. The first-order valence-corrected chi connectivity index (χ1v) is 10.0. The lowest BCUT2D eigenvalue weighted by molar-refractivity contribution is -0.129. The molecule has 1 aliphatic heterocycles. The average molecular weight is 354 g/mol. The molecule has 1 heterocycles. The van der Waals surface area contributed by atoms with Crippen LogP contribution in [0, 0.1) is 5.92 Å². The van der Waals surface area contributed by atoms with Crippen molar-refractivity contribution in [2.75, 3.05) is 13.1 Å². The summed E-state index contributed by atoms with van der Waals surface area (Å²) >= 11 is 0. The van der Waals surface area contributed by atoms with Gasteiger partial charge in [0.15, 0.2) is 0 Å². The van der Waals surface area contributed by atoms with Crippen LogP contribution in [-0.4, -0.2) is 41.9 Å². The molecule has 2 amide bonds. The molecule has 2 rings (SSSR count). The van der Waals surface area contributed by atoms with E-state index in [0.29, 0.717) is 31.3 Å². The zero-order chi connectivity index (χ0) is 18.8. The maximum absolute atomic E-state index is 12.3. The Labute approximate surface area is 155 Å². The van der Waals surface area contributed by atoms with Crippen molar-refractivity contribution in [1.29, 1.82) is 0 Å². The molecular formula is C20H39N3O2. The summed E-state index contributed by atoms with van der Waals surface area (Å²) in [5.41, 5.74) is 0.958. The summed E-state index contributed by atoms with van der Waals surface area (Å²) in [6.45, 7) is 13.9. The third-order valence-corrected chi connectivity index (χ3v) is 4.82. The number of rotatable bonds is 8. The summed E-state index contributed by atoms with van der Waals surface area (Å²) in [6.07, 6.45) is 6.90. The number of nitrogens with zero attached hydrogens (tertiary/aromatic N) is 1. The van der Waals surface area contributed by atoms with Crippen molar-refractivity contribution < 1.29 is 11.0 Å². The lowest BCUT2D eigenvalue weighted by Gasteiger charge is -2.37. The predicted octanol–water partition coefficient (Wildman–Crippen LogP) is 3.46. The van der Waals surface area contributed by atoms with Crippen LogP contribution in [0.3, 0.4) is 0 Å². The van der Waals surface area contributed by atoms with Gasteiger partial charge in [-0.1, -0.05) is 20.4 Å². The summed E-state index contributed by atoms with van der Waals surface area (Å²) in [5.74, 6) is 0.404. The molecule has 5 heteroatoms. The van der Waals surface area contributed by atoms with Gasteiger partial charge in [-0.25, -0.2) is 0 Å². The van der Waals surface area contributed by atoms with Crippen molar-refractivity contribution in [2.45, 2.75) is 84.7 Å². The van der Waals surface area contributed by atoms with Crippen LogP contribution in [0.5, 0.6) is 0 Å². The van der Waals surface area contributed by atoms with Crippen LogP contribution < -0.4 is 10.6 Å². The average Bonchev–Trinajstić information content (AvgIpc) is 3.40. The summed E-state index contributed by atoms with van der Waals surface area (Å²) in [5, 5.41) is 5.75. The molecule has 2 N–H and O–H groups in total. The van der Waals surface area contributed by atoms with Crippen molar-refractivity contribution in [3.63, 3.8) is 0 Å². The monoisotopic (exact) mass is 353 g/mol. The SMILES string of the molecule is C=C(C[C@H](NC(=O)CC1CC1)C(=O)NCC)N1CCCC[C@@H]1C.CC.[HH]. The molecule has 146 valence electrons. The second-order valence-electron chi connectivity index (χ2n) is 6.97. The van der Waals surface area contributed by atoms with Crippen molar-refractivity contribution in [3.05, 3.63) is 12.3 Å². The van der Waals surface area contributed by atoms with Gasteiger partial charge in [-0.2, -0.15) is 0 Å². The van der Waals surface area contributed by atoms with Crippen molar-refractivity contribution in [1.82, 2.24) is 15.5 Å². The molecule has 2 fully saturated rings. The van der Waals surface area contributed by atoms with Gasteiger partial charge in [0.05, 0.1) is 0 Å². The minimum absolute atomic E-state index is 0. The van der Waals surface area contributed by atoms with Crippen molar-refractivity contribution in [3.8, 4) is 0 Å². The summed E-state index contributed by atoms with van der Waals surface area (Å²) in [4.78, 5) is 26.7. The summed E-state index contributed by atoms with van der Waals surface area (Å²) in [6, 6.07) is -0.0453. The van der Waals surface area contributed by atoms with Gasteiger partial charge in [0.25, 0.3) is 0 Å². The van der Waals surface area contributed by atoms with Gasteiger partial charge in [0.1, 0.15) is 6.04 Å². The Morgan fingerprint density at radius 2 is 1.92 bits per heavy atom. The number of carbonyl (C=O) groups is 2. The van der Waals surface area contributed by atoms with Crippen molar-refractivity contribution in [2.24, 2.45) is 5.92 Å². The fraction of sp³-hybridized carbons (Fsp3) is 0.800. The van der Waals surface area contributed by atoms with E-state index in [-0.39, 0.29) is 13.2 Å². The summed E-state index contributed by atoms with van der Waals surface area (Å²) < 4.78 is 0.